The fourth-order valence-electron chi connectivity index (χ4n) is 3.04. The van der Waals surface area contributed by atoms with Gasteiger partial charge in [0.15, 0.2) is 0 Å². The normalized spacial score (nSPS) is 10.8. The topological polar surface area (TPSA) is 59.8 Å². The van der Waals surface area contributed by atoms with Crippen LogP contribution < -0.4 is 5.32 Å². The van der Waals surface area contributed by atoms with Crippen molar-refractivity contribution in [2.24, 2.45) is 0 Å². The molecule has 7 heteroatoms. The van der Waals surface area contributed by atoms with Crippen LogP contribution in [-0.2, 0) is 13.0 Å². The van der Waals surface area contributed by atoms with Gasteiger partial charge in [-0.05, 0) is 42.3 Å². The Hall–Kier alpha value is -3.32. The van der Waals surface area contributed by atoms with E-state index in [4.69, 9.17) is 0 Å². The van der Waals surface area contributed by atoms with Crippen LogP contribution in [0.3, 0.4) is 0 Å². The molecular weight excluding hydrogens is 387 g/mol. The van der Waals surface area contributed by atoms with Crippen molar-refractivity contribution >= 4 is 22.9 Å². The summed E-state index contributed by atoms with van der Waals surface area (Å²) in [6, 6.07) is 15.9. The lowest BCUT2D eigenvalue weighted by atomic mass is 10.1. The molecule has 0 saturated heterocycles. The summed E-state index contributed by atoms with van der Waals surface area (Å²) in [6.45, 7) is 2.40. The maximum atomic E-state index is 13.1. The van der Waals surface area contributed by atoms with Crippen LogP contribution in [0.15, 0.2) is 67.0 Å². The van der Waals surface area contributed by atoms with E-state index in [0.717, 1.165) is 21.8 Å². The lowest BCUT2D eigenvalue weighted by Gasteiger charge is -2.10. The van der Waals surface area contributed by atoms with Gasteiger partial charge in [-0.1, -0.05) is 30.3 Å². The molecule has 1 N–H and O–H groups in total. The molecule has 0 fully saturated rings. The van der Waals surface area contributed by atoms with Gasteiger partial charge in [-0.3, -0.25) is 9.48 Å². The monoisotopic (exact) mass is 406 g/mol. The first-order chi connectivity index (χ1) is 14.1. The Balaban J connectivity index is 1.50. The number of nitrogens with one attached hydrogen (secondary N) is 1. The Labute approximate surface area is 171 Å². The number of amides is 1. The summed E-state index contributed by atoms with van der Waals surface area (Å²) < 4.78 is 14.9. The Kier molecular flexibility index (Phi) is 5.48. The van der Waals surface area contributed by atoms with Crippen molar-refractivity contribution in [3.05, 3.63) is 99.5 Å². The number of hydrogen-bond donors (Lipinski definition) is 1. The van der Waals surface area contributed by atoms with Crippen LogP contribution in [0.2, 0.25) is 0 Å². The molecule has 1 amide bonds. The van der Waals surface area contributed by atoms with Crippen molar-refractivity contribution in [1.82, 2.24) is 14.8 Å². The maximum absolute atomic E-state index is 13.1. The van der Waals surface area contributed by atoms with Gasteiger partial charge in [-0.15, -0.1) is 11.3 Å². The number of thiazole rings is 1. The van der Waals surface area contributed by atoms with Gasteiger partial charge in [0.25, 0.3) is 5.91 Å². The lowest BCUT2D eigenvalue weighted by molar-refractivity contribution is 0.102. The van der Waals surface area contributed by atoms with E-state index in [1.807, 2.05) is 48.1 Å². The van der Waals surface area contributed by atoms with Crippen molar-refractivity contribution < 1.29 is 9.18 Å². The Morgan fingerprint density at radius 1 is 1.14 bits per heavy atom. The van der Waals surface area contributed by atoms with Gasteiger partial charge >= 0.3 is 0 Å². The number of aryl methyl sites for hydroxylation is 1. The van der Waals surface area contributed by atoms with Crippen molar-refractivity contribution in [2.45, 2.75) is 19.9 Å². The molecule has 0 spiro atoms. The minimum absolute atomic E-state index is 0.182. The number of carbonyl (C=O) groups is 1. The van der Waals surface area contributed by atoms with Crippen LogP contribution in [-0.4, -0.2) is 20.7 Å². The van der Waals surface area contributed by atoms with E-state index in [9.17, 15) is 9.18 Å². The van der Waals surface area contributed by atoms with Gasteiger partial charge in [-0.25, -0.2) is 9.37 Å². The zero-order valence-electron chi connectivity index (χ0n) is 15.8. The highest BCUT2D eigenvalue weighted by Crippen LogP contribution is 2.24. The van der Waals surface area contributed by atoms with Gasteiger partial charge < -0.3 is 5.32 Å². The number of anilines is 1. The van der Waals surface area contributed by atoms with Crippen LogP contribution in [0, 0.1) is 12.7 Å². The lowest BCUT2D eigenvalue weighted by Crippen LogP contribution is -2.14. The second kappa shape index (κ2) is 8.36. The number of hydrogen-bond acceptors (Lipinski definition) is 4. The van der Waals surface area contributed by atoms with Crippen molar-refractivity contribution in [1.29, 1.82) is 0 Å². The highest BCUT2D eigenvalue weighted by molar-refractivity contribution is 7.14. The molecule has 146 valence electrons. The maximum Gasteiger partial charge on any atom is 0.267 e. The van der Waals surface area contributed by atoms with E-state index in [2.05, 4.69) is 15.4 Å². The van der Waals surface area contributed by atoms with Gasteiger partial charge in [0, 0.05) is 24.5 Å². The number of nitrogens with zero attached hydrogens (tertiary/aromatic N) is 3. The number of rotatable bonds is 6. The minimum atomic E-state index is -0.266. The number of carbonyl (C=O) groups excluding carboxylic acids is 1. The number of halogens is 1. The van der Waals surface area contributed by atoms with Gasteiger partial charge in [0.1, 0.15) is 10.7 Å². The van der Waals surface area contributed by atoms with Crippen molar-refractivity contribution in [3.8, 4) is 0 Å². The van der Waals surface area contributed by atoms with E-state index in [-0.39, 0.29) is 11.7 Å². The average Bonchev–Trinajstić information content (AvgIpc) is 3.35. The molecule has 0 saturated carbocycles. The SMILES string of the molecule is Cc1nc(Cc2ccc(F)cc2)sc1C(=O)Nc1ccccc1Cn1cccn1. The first-order valence-corrected chi connectivity index (χ1v) is 9.97. The minimum Gasteiger partial charge on any atom is -0.321 e. The van der Waals surface area contributed by atoms with Crippen LogP contribution >= 0.6 is 11.3 Å². The largest absolute Gasteiger partial charge is 0.321 e. The van der Waals surface area contributed by atoms with Crippen molar-refractivity contribution in [2.75, 3.05) is 5.32 Å². The third-order valence-electron chi connectivity index (χ3n) is 4.47. The Morgan fingerprint density at radius 2 is 1.93 bits per heavy atom. The Morgan fingerprint density at radius 3 is 2.69 bits per heavy atom. The fourth-order valence-corrected chi connectivity index (χ4v) is 4.04. The zero-order chi connectivity index (χ0) is 20.2. The summed E-state index contributed by atoms with van der Waals surface area (Å²) in [4.78, 5) is 18.0. The highest BCUT2D eigenvalue weighted by atomic mass is 32.1. The van der Waals surface area contributed by atoms with Gasteiger partial charge in [0.2, 0.25) is 0 Å². The first-order valence-electron chi connectivity index (χ1n) is 9.16. The van der Waals surface area contributed by atoms with Crippen LogP contribution in [0.4, 0.5) is 10.1 Å². The molecule has 0 unspecified atom stereocenters. The van der Waals surface area contributed by atoms with Crippen LogP contribution in [0.1, 0.15) is 31.5 Å². The molecule has 0 bridgehead atoms. The molecule has 0 aliphatic carbocycles. The highest BCUT2D eigenvalue weighted by Gasteiger charge is 2.17. The van der Waals surface area contributed by atoms with E-state index < -0.39 is 0 Å². The molecular formula is C22H19FN4OS. The predicted octanol–water partition coefficient (Wildman–Crippen LogP) is 4.68. The van der Waals surface area contributed by atoms with E-state index >= 15 is 0 Å². The average molecular weight is 406 g/mol. The molecule has 4 rings (SSSR count). The second-order valence-electron chi connectivity index (χ2n) is 6.64. The van der Waals surface area contributed by atoms with E-state index in [1.54, 1.807) is 18.3 Å². The number of benzene rings is 2. The fraction of sp³-hybridized carbons (Fsp3) is 0.136. The predicted molar refractivity (Wildman–Crippen MR) is 112 cm³/mol. The third kappa shape index (κ3) is 4.57. The summed E-state index contributed by atoms with van der Waals surface area (Å²) in [7, 11) is 0. The molecule has 5 nitrogen and oxygen atoms in total. The van der Waals surface area contributed by atoms with Crippen LogP contribution in [0.5, 0.6) is 0 Å². The smallest absolute Gasteiger partial charge is 0.267 e. The van der Waals surface area contributed by atoms with Gasteiger partial charge in [-0.2, -0.15) is 5.10 Å². The summed E-state index contributed by atoms with van der Waals surface area (Å²) in [5.74, 6) is -0.448. The molecule has 2 heterocycles. The molecule has 2 aromatic carbocycles. The number of para-hydroxylation sites is 1. The second-order valence-corrected chi connectivity index (χ2v) is 7.72. The number of aromatic nitrogens is 3. The summed E-state index contributed by atoms with van der Waals surface area (Å²) in [6.07, 6.45) is 4.17. The molecule has 2 aromatic heterocycles. The summed E-state index contributed by atoms with van der Waals surface area (Å²) in [5.41, 5.74) is 3.37. The van der Waals surface area contributed by atoms with Gasteiger partial charge in [0.05, 0.1) is 17.2 Å². The quantitative estimate of drug-likeness (QED) is 0.506. The standard InChI is InChI=1S/C22H19FN4OS/c1-15-21(29-20(25-15)13-16-7-9-18(23)10-8-16)22(28)26-19-6-3-2-5-17(19)14-27-12-4-11-24-27/h2-12H,13-14H2,1H3,(H,26,28). The third-order valence-corrected chi connectivity index (χ3v) is 5.63. The molecule has 29 heavy (non-hydrogen) atoms. The molecule has 4 aromatic rings. The zero-order valence-corrected chi connectivity index (χ0v) is 16.6. The molecule has 0 atom stereocenters. The van der Waals surface area contributed by atoms with Crippen LogP contribution in [0.25, 0.3) is 0 Å². The first kappa shape index (κ1) is 19.0. The molecule has 0 aliphatic rings. The summed E-state index contributed by atoms with van der Waals surface area (Å²) in [5, 5.41) is 8.05. The van der Waals surface area contributed by atoms with E-state index in [1.165, 1.54) is 23.5 Å². The molecule has 0 aliphatic heterocycles. The summed E-state index contributed by atoms with van der Waals surface area (Å²) >= 11 is 1.36. The van der Waals surface area contributed by atoms with E-state index in [0.29, 0.717) is 23.5 Å². The molecule has 0 radical (unpaired) electrons. The Bertz CT molecular complexity index is 1120. The van der Waals surface area contributed by atoms with Crippen molar-refractivity contribution in [3.63, 3.8) is 0 Å².